The van der Waals surface area contributed by atoms with Crippen molar-refractivity contribution in [2.24, 2.45) is 5.92 Å². The second-order valence-corrected chi connectivity index (χ2v) is 5.71. The summed E-state index contributed by atoms with van der Waals surface area (Å²) < 4.78 is 5.17. The van der Waals surface area contributed by atoms with E-state index in [2.05, 4.69) is 19.9 Å². The Morgan fingerprint density at radius 3 is 2.17 bits per heavy atom. The first kappa shape index (κ1) is 24.2. The molecular weight excluding hydrogens is 306 g/mol. The van der Waals surface area contributed by atoms with Crippen LogP contribution in [0.25, 0.3) is 0 Å². The highest BCUT2D eigenvalue weighted by Crippen LogP contribution is 2.24. The maximum absolute atomic E-state index is 8.60. The summed E-state index contributed by atoms with van der Waals surface area (Å²) >= 11 is 5.71. The zero-order valence-electron chi connectivity index (χ0n) is 15.7. The van der Waals surface area contributed by atoms with Crippen LogP contribution in [0.15, 0.2) is 24.3 Å². The van der Waals surface area contributed by atoms with Gasteiger partial charge in [0.2, 0.25) is 0 Å². The molecule has 0 aromatic heterocycles. The molecule has 0 spiro atoms. The topological polar surface area (TPSA) is 33.0 Å². The fourth-order valence-corrected chi connectivity index (χ4v) is 2.16. The van der Waals surface area contributed by atoms with Gasteiger partial charge in [-0.25, -0.2) is 0 Å². The van der Waals surface area contributed by atoms with Crippen molar-refractivity contribution in [1.82, 2.24) is 0 Å². The molecule has 0 saturated heterocycles. The van der Waals surface area contributed by atoms with Crippen molar-refractivity contribution in [2.45, 2.75) is 72.8 Å². The molecule has 0 bridgehead atoms. The minimum atomic E-state index is 0.249. The SMILES string of the molecule is CC.CCC.COC1CCCC(C#N)C1.Cc1ccccc1Cl. The largest absolute Gasteiger partial charge is 0.381 e. The number of methoxy groups -OCH3 is 1. The van der Waals surface area contributed by atoms with E-state index in [1.165, 1.54) is 6.42 Å². The summed E-state index contributed by atoms with van der Waals surface area (Å²) in [4.78, 5) is 0. The maximum Gasteiger partial charge on any atom is 0.0656 e. The van der Waals surface area contributed by atoms with Crippen LogP contribution in [-0.2, 0) is 4.74 Å². The summed E-state index contributed by atoms with van der Waals surface area (Å²) in [6, 6.07) is 10.1. The van der Waals surface area contributed by atoms with E-state index in [1.54, 1.807) is 7.11 Å². The molecule has 0 aliphatic heterocycles. The Hall–Kier alpha value is -1.04. The minimum absolute atomic E-state index is 0.249. The predicted molar refractivity (Wildman–Crippen MR) is 102 cm³/mol. The summed E-state index contributed by atoms with van der Waals surface area (Å²) in [7, 11) is 1.73. The van der Waals surface area contributed by atoms with Crippen molar-refractivity contribution >= 4 is 11.6 Å². The lowest BCUT2D eigenvalue weighted by molar-refractivity contribution is 0.0601. The van der Waals surface area contributed by atoms with E-state index in [4.69, 9.17) is 21.6 Å². The first-order valence-electron chi connectivity index (χ1n) is 8.72. The Labute approximate surface area is 148 Å². The van der Waals surface area contributed by atoms with Crippen molar-refractivity contribution in [3.05, 3.63) is 34.9 Å². The van der Waals surface area contributed by atoms with Gasteiger partial charge in [0.25, 0.3) is 0 Å². The molecule has 1 aromatic rings. The number of rotatable bonds is 1. The first-order valence-corrected chi connectivity index (χ1v) is 9.10. The molecule has 0 amide bonds. The molecule has 3 heteroatoms. The monoisotopic (exact) mass is 339 g/mol. The number of nitriles is 1. The molecule has 23 heavy (non-hydrogen) atoms. The van der Waals surface area contributed by atoms with Crippen molar-refractivity contribution in [1.29, 1.82) is 5.26 Å². The molecule has 0 radical (unpaired) electrons. The van der Waals surface area contributed by atoms with Crippen LogP contribution in [-0.4, -0.2) is 13.2 Å². The number of nitrogens with zero attached hydrogens (tertiary/aromatic N) is 1. The fraction of sp³-hybridized carbons (Fsp3) is 0.650. The number of halogens is 1. The Kier molecular flexibility index (Phi) is 18.2. The second-order valence-electron chi connectivity index (χ2n) is 5.31. The smallest absolute Gasteiger partial charge is 0.0656 e. The molecule has 2 nitrogen and oxygen atoms in total. The van der Waals surface area contributed by atoms with Crippen LogP contribution in [0, 0.1) is 24.2 Å². The Morgan fingerprint density at radius 1 is 1.22 bits per heavy atom. The molecule has 1 aliphatic carbocycles. The van der Waals surface area contributed by atoms with Gasteiger partial charge in [-0.05, 0) is 44.2 Å². The zero-order chi connectivity index (χ0) is 18.1. The molecular formula is C20H34ClNO. The van der Waals surface area contributed by atoms with Gasteiger partial charge in [0.1, 0.15) is 0 Å². The summed E-state index contributed by atoms with van der Waals surface area (Å²) in [6.07, 6.45) is 5.88. The van der Waals surface area contributed by atoms with Crippen molar-refractivity contribution in [3.63, 3.8) is 0 Å². The fourth-order valence-electron chi connectivity index (χ4n) is 2.03. The molecule has 1 aromatic carbocycles. The van der Waals surface area contributed by atoms with Gasteiger partial charge < -0.3 is 4.74 Å². The van der Waals surface area contributed by atoms with E-state index >= 15 is 0 Å². The third kappa shape index (κ3) is 13.1. The number of benzene rings is 1. The number of ether oxygens (including phenoxy) is 1. The lowest BCUT2D eigenvalue weighted by Gasteiger charge is -2.23. The van der Waals surface area contributed by atoms with Gasteiger partial charge in [-0.1, -0.05) is 63.9 Å². The molecule has 1 saturated carbocycles. The molecule has 2 rings (SSSR count). The van der Waals surface area contributed by atoms with Gasteiger partial charge in [0.05, 0.1) is 12.2 Å². The molecule has 2 unspecified atom stereocenters. The maximum atomic E-state index is 8.60. The summed E-state index contributed by atoms with van der Waals surface area (Å²) in [6.45, 7) is 10.2. The van der Waals surface area contributed by atoms with Crippen LogP contribution in [0.2, 0.25) is 5.02 Å². The van der Waals surface area contributed by atoms with E-state index < -0.39 is 0 Å². The number of hydrogen-bond donors (Lipinski definition) is 0. The molecule has 1 aliphatic rings. The van der Waals surface area contributed by atoms with Gasteiger partial charge in [-0.2, -0.15) is 5.26 Å². The van der Waals surface area contributed by atoms with Crippen molar-refractivity contribution < 1.29 is 4.74 Å². The quantitative estimate of drug-likeness (QED) is 0.563. The average molecular weight is 340 g/mol. The standard InChI is InChI=1S/C8H13NO.C7H7Cl.C3H8.C2H6/c1-10-8-4-2-3-7(5-8)6-9;1-6-4-2-3-5-7(6)8;1-3-2;1-2/h7-8H,2-5H2,1H3;2-5H,1H3;3H2,1-2H3;1-2H3. The molecule has 2 atom stereocenters. The van der Waals surface area contributed by atoms with Gasteiger partial charge in [-0.3, -0.25) is 0 Å². The zero-order valence-corrected chi connectivity index (χ0v) is 16.5. The Balaban J connectivity index is 0. The van der Waals surface area contributed by atoms with Crippen LogP contribution in [0.4, 0.5) is 0 Å². The van der Waals surface area contributed by atoms with Crippen LogP contribution in [0.5, 0.6) is 0 Å². The first-order chi connectivity index (χ1) is 11.1. The third-order valence-corrected chi connectivity index (χ3v) is 3.64. The van der Waals surface area contributed by atoms with E-state index in [0.717, 1.165) is 36.3 Å². The van der Waals surface area contributed by atoms with Gasteiger partial charge in [-0.15, -0.1) is 0 Å². The van der Waals surface area contributed by atoms with Crippen LogP contribution >= 0.6 is 11.6 Å². The molecule has 132 valence electrons. The Bertz CT molecular complexity index is 393. The summed E-state index contributed by atoms with van der Waals surface area (Å²) in [5.41, 5.74) is 1.13. The molecule has 1 fully saturated rings. The highest BCUT2D eigenvalue weighted by atomic mass is 35.5. The van der Waals surface area contributed by atoms with Crippen LogP contribution in [0.1, 0.15) is 65.4 Å². The van der Waals surface area contributed by atoms with E-state index in [9.17, 15) is 0 Å². The number of hydrogen-bond acceptors (Lipinski definition) is 2. The van der Waals surface area contributed by atoms with E-state index in [-0.39, 0.29) is 5.92 Å². The van der Waals surface area contributed by atoms with Gasteiger partial charge in [0, 0.05) is 18.1 Å². The van der Waals surface area contributed by atoms with Crippen molar-refractivity contribution in [3.8, 4) is 6.07 Å². The molecule has 0 N–H and O–H groups in total. The highest BCUT2D eigenvalue weighted by molar-refractivity contribution is 6.31. The second kappa shape index (κ2) is 17.3. The summed E-state index contributed by atoms with van der Waals surface area (Å²) in [5.74, 6) is 0.249. The highest BCUT2D eigenvalue weighted by Gasteiger charge is 2.20. The normalized spacial score (nSPS) is 18.7. The lowest BCUT2D eigenvalue weighted by atomic mass is 9.88. The predicted octanol–water partition coefficient (Wildman–Crippen LogP) is 6.81. The van der Waals surface area contributed by atoms with E-state index in [0.29, 0.717) is 6.10 Å². The Morgan fingerprint density at radius 2 is 1.78 bits per heavy atom. The van der Waals surface area contributed by atoms with Crippen LogP contribution in [0.3, 0.4) is 0 Å². The third-order valence-electron chi connectivity index (χ3n) is 3.22. The van der Waals surface area contributed by atoms with E-state index in [1.807, 2.05) is 45.0 Å². The van der Waals surface area contributed by atoms with Crippen LogP contribution < -0.4 is 0 Å². The minimum Gasteiger partial charge on any atom is -0.381 e. The van der Waals surface area contributed by atoms with Gasteiger partial charge >= 0.3 is 0 Å². The summed E-state index contributed by atoms with van der Waals surface area (Å²) in [5, 5.41) is 9.44. The van der Waals surface area contributed by atoms with Crippen molar-refractivity contribution in [2.75, 3.05) is 7.11 Å². The van der Waals surface area contributed by atoms with Gasteiger partial charge in [0.15, 0.2) is 0 Å². The lowest BCUT2D eigenvalue weighted by Crippen LogP contribution is -2.20. The number of aryl methyl sites for hydroxylation is 1. The molecule has 0 heterocycles. The average Bonchev–Trinajstić information content (AvgIpc) is 2.60.